The SMILES string of the molecule is CNC1CCN(C(=O)c2ccccc2Nc2ccc(C)cc2)C1. The summed E-state index contributed by atoms with van der Waals surface area (Å²) >= 11 is 0. The number of nitrogens with one attached hydrogen (secondary N) is 2. The van der Waals surface area contributed by atoms with Crippen LogP contribution in [0.2, 0.25) is 0 Å². The van der Waals surface area contributed by atoms with Crippen molar-refractivity contribution in [3.8, 4) is 0 Å². The number of nitrogens with zero attached hydrogens (tertiary/aromatic N) is 1. The van der Waals surface area contributed by atoms with Gasteiger partial charge in [-0.3, -0.25) is 4.79 Å². The lowest BCUT2D eigenvalue weighted by Gasteiger charge is -2.19. The van der Waals surface area contributed by atoms with Crippen LogP contribution in [0.5, 0.6) is 0 Å². The van der Waals surface area contributed by atoms with Crippen LogP contribution in [0.15, 0.2) is 48.5 Å². The maximum atomic E-state index is 12.8. The van der Waals surface area contributed by atoms with E-state index in [9.17, 15) is 4.79 Å². The molecule has 23 heavy (non-hydrogen) atoms. The Morgan fingerprint density at radius 3 is 2.57 bits per heavy atom. The van der Waals surface area contributed by atoms with Crippen LogP contribution >= 0.6 is 0 Å². The van der Waals surface area contributed by atoms with Crippen molar-refractivity contribution >= 4 is 17.3 Å². The zero-order valence-corrected chi connectivity index (χ0v) is 13.7. The van der Waals surface area contributed by atoms with Gasteiger partial charge in [0.1, 0.15) is 0 Å². The van der Waals surface area contributed by atoms with Crippen LogP contribution in [0, 0.1) is 6.92 Å². The minimum Gasteiger partial charge on any atom is -0.355 e. The van der Waals surface area contributed by atoms with Gasteiger partial charge >= 0.3 is 0 Å². The summed E-state index contributed by atoms with van der Waals surface area (Å²) in [6.07, 6.45) is 1.01. The summed E-state index contributed by atoms with van der Waals surface area (Å²) in [5.74, 6) is 0.0953. The van der Waals surface area contributed by atoms with Crippen molar-refractivity contribution in [1.82, 2.24) is 10.2 Å². The molecule has 4 heteroatoms. The van der Waals surface area contributed by atoms with Gasteiger partial charge in [0, 0.05) is 24.8 Å². The van der Waals surface area contributed by atoms with E-state index in [1.54, 1.807) is 0 Å². The van der Waals surface area contributed by atoms with Crippen LogP contribution in [-0.2, 0) is 0 Å². The van der Waals surface area contributed by atoms with Gasteiger partial charge in [-0.15, -0.1) is 0 Å². The molecule has 1 atom stereocenters. The van der Waals surface area contributed by atoms with Crippen molar-refractivity contribution in [3.05, 3.63) is 59.7 Å². The summed E-state index contributed by atoms with van der Waals surface area (Å²) in [7, 11) is 1.95. The Kier molecular flexibility index (Phi) is 4.63. The fourth-order valence-electron chi connectivity index (χ4n) is 2.92. The van der Waals surface area contributed by atoms with Gasteiger partial charge < -0.3 is 15.5 Å². The summed E-state index contributed by atoms with van der Waals surface area (Å²) in [4.78, 5) is 14.8. The molecule has 1 amide bonds. The van der Waals surface area contributed by atoms with E-state index in [1.807, 2.05) is 48.3 Å². The van der Waals surface area contributed by atoms with E-state index in [0.29, 0.717) is 6.04 Å². The maximum Gasteiger partial charge on any atom is 0.256 e. The van der Waals surface area contributed by atoms with E-state index < -0.39 is 0 Å². The van der Waals surface area contributed by atoms with Crippen molar-refractivity contribution in [3.63, 3.8) is 0 Å². The van der Waals surface area contributed by atoms with E-state index in [-0.39, 0.29) is 5.91 Å². The minimum absolute atomic E-state index is 0.0953. The first-order valence-electron chi connectivity index (χ1n) is 8.06. The van der Waals surface area contributed by atoms with Gasteiger partial charge in [0.15, 0.2) is 0 Å². The molecule has 120 valence electrons. The van der Waals surface area contributed by atoms with Gasteiger partial charge in [0.05, 0.1) is 11.3 Å². The summed E-state index contributed by atoms with van der Waals surface area (Å²) in [5.41, 5.74) is 3.79. The number of aryl methyl sites for hydroxylation is 1. The van der Waals surface area contributed by atoms with E-state index >= 15 is 0 Å². The number of carbonyl (C=O) groups is 1. The number of rotatable bonds is 4. The molecule has 0 aliphatic carbocycles. The van der Waals surface area contributed by atoms with Crippen LogP contribution in [0.25, 0.3) is 0 Å². The normalized spacial score (nSPS) is 17.3. The molecule has 1 aliphatic heterocycles. The molecular formula is C19H23N3O. The second-order valence-electron chi connectivity index (χ2n) is 6.06. The number of anilines is 2. The molecule has 1 fully saturated rings. The van der Waals surface area contributed by atoms with Gasteiger partial charge in [-0.2, -0.15) is 0 Å². The van der Waals surface area contributed by atoms with Gasteiger partial charge in [-0.05, 0) is 44.7 Å². The molecule has 0 saturated carbocycles. The highest BCUT2D eigenvalue weighted by Gasteiger charge is 2.27. The van der Waals surface area contributed by atoms with Gasteiger partial charge in [0.2, 0.25) is 0 Å². The number of amides is 1. The highest BCUT2D eigenvalue weighted by atomic mass is 16.2. The van der Waals surface area contributed by atoms with Crippen LogP contribution in [0.1, 0.15) is 22.3 Å². The Morgan fingerprint density at radius 2 is 1.87 bits per heavy atom. The maximum absolute atomic E-state index is 12.8. The molecule has 2 aromatic carbocycles. The number of benzene rings is 2. The lowest BCUT2D eigenvalue weighted by Crippen LogP contribution is -2.33. The third-order valence-corrected chi connectivity index (χ3v) is 4.37. The summed E-state index contributed by atoms with van der Waals surface area (Å²) in [5, 5.41) is 6.62. The zero-order valence-electron chi connectivity index (χ0n) is 13.7. The van der Waals surface area contributed by atoms with Crippen molar-refractivity contribution in [2.75, 3.05) is 25.5 Å². The third kappa shape index (κ3) is 3.54. The van der Waals surface area contributed by atoms with Crippen molar-refractivity contribution in [2.24, 2.45) is 0 Å². The molecule has 0 aromatic heterocycles. The molecule has 2 aromatic rings. The molecular weight excluding hydrogens is 286 g/mol. The minimum atomic E-state index is 0.0953. The first kappa shape index (κ1) is 15.6. The standard InChI is InChI=1S/C19H23N3O/c1-14-7-9-15(10-8-14)21-18-6-4-3-5-17(18)19(23)22-12-11-16(13-22)20-2/h3-10,16,20-21H,11-13H2,1-2H3. The van der Waals surface area contributed by atoms with Crippen LogP contribution < -0.4 is 10.6 Å². The molecule has 3 rings (SSSR count). The molecule has 2 N–H and O–H groups in total. The second-order valence-corrected chi connectivity index (χ2v) is 6.06. The van der Waals surface area contributed by atoms with Gasteiger partial charge in [-0.25, -0.2) is 0 Å². The molecule has 4 nitrogen and oxygen atoms in total. The highest BCUT2D eigenvalue weighted by Crippen LogP contribution is 2.24. The van der Waals surface area contributed by atoms with E-state index in [4.69, 9.17) is 0 Å². The lowest BCUT2D eigenvalue weighted by molar-refractivity contribution is 0.0790. The fraction of sp³-hybridized carbons (Fsp3) is 0.316. The topological polar surface area (TPSA) is 44.4 Å². The monoisotopic (exact) mass is 309 g/mol. The Labute approximate surface area is 137 Å². The average Bonchev–Trinajstić information content (AvgIpc) is 3.06. The molecule has 1 unspecified atom stereocenters. The molecule has 0 radical (unpaired) electrons. The van der Waals surface area contributed by atoms with Crippen molar-refractivity contribution < 1.29 is 4.79 Å². The number of likely N-dealkylation sites (N-methyl/N-ethyl adjacent to an activating group) is 1. The first-order valence-corrected chi connectivity index (χ1v) is 8.06. The Hall–Kier alpha value is -2.33. The van der Waals surface area contributed by atoms with E-state index in [0.717, 1.165) is 36.4 Å². The van der Waals surface area contributed by atoms with Crippen LogP contribution in [0.3, 0.4) is 0 Å². The summed E-state index contributed by atoms with van der Waals surface area (Å²) in [6, 6.07) is 16.3. The number of hydrogen-bond donors (Lipinski definition) is 2. The Morgan fingerprint density at radius 1 is 1.13 bits per heavy atom. The van der Waals surface area contributed by atoms with Gasteiger partial charge in [-0.1, -0.05) is 29.8 Å². The molecule has 0 spiro atoms. The van der Waals surface area contributed by atoms with Crippen LogP contribution in [-0.4, -0.2) is 37.0 Å². The predicted molar refractivity (Wildman–Crippen MR) is 94.3 cm³/mol. The van der Waals surface area contributed by atoms with Crippen LogP contribution in [0.4, 0.5) is 11.4 Å². The average molecular weight is 309 g/mol. The number of hydrogen-bond acceptors (Lipinski definition) is 3. The Bertz CT molecular complexity index is 681. The number of carbonyl (C=O) groups excluding carboxylic acids is 1. The summed E-state index contributed by atoms with van der Waals surface area (Å²) < 4.78 is 0. The first-order chi connectivity index (χ1) is 11.2. The third-order valence-electron chi connectivity index (χ3n) is 4.37. The fourth-order valence-corrected chi connectivity index (χ4v) is 2.92. The largest absolute Gasteiger partial charge is 0.355 e. The van der Waals surface area contributed by atoms with Crippen molar-refractivity contribution in [2.45, 2.75) is 19.4 Å². The van der Waals surface area contributed by atoms with E-state index in [2.05, 4.69) is 29.7 Å². The van der Waals surface area contributed by atoms with E-state index in [1.165, 1.54) is 5.56 Å². The zero-order chi connectivity index (χ0) is 16.2. The highest BCUT2D eigenvalue weighted by molar-refractivity contribution is 6.00. The molecule has 0 bridgehead atoms. The summed E-state index contributed by atoms with van der Waals surface area (Å²) in [6.45, 7) is 3.64. The lowest BCUT2D eigenvalue weighted by atomic mass is 10.1. The van der Waals surface area contributed by atoms with Crippen molar-refractivity contribution in [1.29, 1.82) is 0 Å². The second kappa shape index (κ2) is 6.84. The van der Waals surface area contributed by atoms with Gasteiger partial charge in [0.25, 0.3) is 5.91 Å². The quantitative estimate of drug-likeness (QED) is 0.912. The number of para-hydroxylation sites is 1. The smallest absolute Gasteiger partial charge is 0.256 e. The Balaban J connectivity index is 1.80. The molecule has 1 saturated heterocycles. The molecule has 1 heterocycles. The number of likely N-dealkylation sites (tertiary alicyclic amines) is 1. The molecule has 1 aliphatic rings. The predicted octanol–water partition coefficient (Wildman–Crippen LogP) is 3.17.